The number of halogens is 2. The molecule has 0 saturated carbocycles. The zero-order valence-corrected chi connectivity index (χ0v) is 15.8. The summed E-state index contributed by atoms with van der Waals surface area (Å²) in [6.07, 6.45) is 1.52. The Labute approximate surface area is 162 Å². The molecular formula is C18H18Cl2N2O2S. The summed E-state index contributed by atoms with van der Waals surface area (Å²) in [5.41, 5.74) is 2.95. The Balaban J connectivity index is 1.58. The van der Waals surface area contributed by atoms with Gasteiger partial charge in [-0.15, -0.1) is 0 Å². The van der Waals surface area contributed by atoms with Crippen LogP contribution in [0.5, 0.6) is 11.5 Å². The molecule has 3 N–H and O–H groups in total. The summed E-state index contributed by atoms with van der Waals surface area (Å²) in [7, 11) is 0. The molecule has 0 bridgehead atoms. The highest BCUT2D eigenvalue weighted by atomic mass is 35.5. The number of rotatable bonds is 3. The van der Waals surface area contributed by atoms with Gasteiger partial charge in [0.2, 0.25) is 0 Å². The van der Waals surface area contributed by atoms with E-state index >= 15 is 0 Å². The second-order valence-corrected chi connectivity index (χ2v) is 7.18. The summed E-state index contributed by atoms with van der Waals surface area (Å²) in [6.45, 7) is 1.99. The minimum atomic E-state index is -0.252. The summed E-state index contributed by atoms with van der Waals surface area (Å²) in [6, 6.07) is 9.31. The van der Waals surface area contributed by atoms with Gasteiger partial charge in [-0.05, 0) is 59.9 Å². The van der Waals surface area contributed by atoms with Crippen molar-refractivity contribution < 1.29 is 10.2 Å². The summed E-state index contributed by atoms with van der Waals surface area (Å²) >= 11 is 17.5. The van der Waals surface area contributed by atoms with Crippen LogP contribution in [0.4, 0.5) is 0 Å². The van der Waals surface area contributed by atoms with Crippen molar-refractivity contribution in [2.45, 2.75) is 19.4 Å². The number of phenols is 2. The molecule has 0 fully saturated rings. The molecule has 0 unspecified atom stereocenters. The summed E-state index contributed by atoms with van der Waals surface area (Å²) in [4.78, 5) is 2.03. The summed E-state index contributed by atoms with van der Waals surface area (Å²) in [5.74, 6) is -0.454. The van der Waals surface area contributed by atoms with Gasteiger partial charge in [-0.2, -0.15) is 0 Å². The van der Waals surface area contributed by atoms with E-state index in [4.69, 9.17) is 35.4 Å². The van der Waals surface area contributed by atoms with Crippen LogP contribution < -0.4 is 5.32 Å². The van der Waals surface area contributed by atoms with E-state index in [1.807, 2.05) is 29.2 Å². The average molecular weight is 397 g/mol. The Morgan fingerprint density at radius 1 is 1.20 bits per heavy atom. The number of phenolic OH excluding ortho intramolecular Hbond substituents is 2. The SMILES string of the molecule is Oc1cc2c(c(Cl)c1O)CCN(C(=S)NCCc1ccc(Cl)cc1)C2. The molecule has 1 aliphatic heterocycles. The molecule has 0 saturated heterocycles. The van der Waals surface area contributed by atoms with E-state index in [2.05, 4.69) is 5.32 Å². The van der Waals surface area contributed by atoms with Crippen molar-refractivity contribution in [2.24, 2.45) is 0 Å². The molecule has 0 spiro atoms. The molecule has 2 aromatic carbocycles. The van der Waals surface area contributed by atoms with Gasteiger partial charge < -0.3 is 20.4 Å². The third kappa shape index (κ3) is 4.11. The van der Waals surface area contributed by atoms with Crippen LogP contribution in [0.25, 0.3) is 0 Å². The number of hydrogen-bond donors (Lipinski definition) is 3. The number of benzene rings is 2. The average Bonchev–Trinajstić information content (AvgIpc) is 2.61. The highest BCUT2D eigenvalue weighted by Gasteiger charge is 2.23. The molecule has 4 nitrogen and oxygen atoms in total. The maximum atomic E-state index is 9.76. The van der Waals surface area contributed by atoms with Gasteiger partial charge in [0.25, 0.3) is 0 Å². The van der Waals surface area contributed by atoms with Gasteiger partial charge in [-0.25, -0.2) is 0 Å². The van der Waals surface area contributed by atoms with E-state index in [0.29, 0.717) is 24.6 Å². The first kappa shape index (κ1) is 18.1. The Hall–Kier alpha value is -1.69. The fraction of sp³-hybridized carbons (Fsp3) is 0.278. The van der Waals surface area contributed by atoms with Crippen LogP contribution in [0.15, 0.2) is 30.3 Å². The van der Waals surface area contributed by atoms with Crippen molar-refractivity contribution in [3.8, 4) is 11.5 Å². The smallest absolute Gasteiger partial charge is 0.176 e. The molecule has 25 heavy (non-hydrogen) atoms. The van der Waals surface area contributed by atoms with Gasteiger partial charge in [-0.1, -0.05) is 35.3 Å². The van der Waals surface area contributed by atoms with Crippen molar-refractivity contribution in [3.05, 3.63) is 57.1 Å². The second-order valence-electron chi connectivity index (χ2n) is 5.98. The Kier molecular flexibility index (Phi) is 5.57. The van der Waals surface area contributed by atoms with Gasteiger partial charge in [0.05, 0.1) is 5.02 Å². The minimum absolute atomic E-state index is 0.202. The molecule has 2 aromatic rings. The molecule has 0 radical (unpaired) electrons. The van der Waals surface area contributed by atoms with Gasteiger partial charge in [0.15, 0.2) is 16.6 Å². The summed E-state index contributed by atoms with van der Waals surface area (Å²) in [5, 5.41) is 24.4. The second kappa shape index (κ2) is 7.68. The van der Waals surface area contributed by atoms with E-state index in [9.17, 15) is 10.2 Å². The van der Waals surface area contributed by atoms with Crippen LogP contribution in [-0.4, -0.2) is 33.3 Å². The number of aromatic hydroxyl groups is 2. The third-order valence-electron chi connectivity index (χ3n) is 4.30. The van der Waals surface area contributed by atoms with Crippen LogP contribution >= 0.6 is 35.4 Å². The van der Waals surface area contributed by atoms with Crippen molar-refractivity contribution in [1.29, 1.82) is 0 Å². The lowest BCUT2D eigenvalue weighted by Crippen LogP contribution is -2.43. The monoisotopic (exact) mass is 396 g/mol. The minimum Gasteiger partial charge on any atom is -0.504 e. The fourth-order valence-electron chi connectivity index (χ4n) is 2.91. The predicted octanol–water partition coefficient (Wildman–Crippen LogP) is 3.88. The molecule has 132 valence electrons. The topological polar surface area (TPSA) is 55.7 Å². The first-order chi connectivity index (χ1) is 12.0. The number of nitrogens with one attached hydrogen (secondary N) is 1. The molecule has 1 heterocycles. The van der Waals surface area contributed by atoms with E-state index in [0.717, 1.165) is 29.1 Å². The highest BCUT2D eigenvalue weighted by molar-refractivity contribution is 7.80. The summed E-state index contributed by atoms with van der Waals surface area (Å²) < 4.78 is 0. The van der Waals surface area contributed by atoms with Gasteiger partial charge >= 0.3 is 0 Å². The van der Waals surface area contributed by atoms with Gasteiger partial charge in [0, 0.05) is 24.7 Å². The fourth-order valence-corrected chi connectivity index (χ4v) is 3.61. The standard InChI is InChI=1S/C18H18Cl2N2O2S/c19-13-3-1-11(2-4-13)5-7-21-18(25)22-8-6-14-12(10-22)9-15(23)17(24)16(14)20/h1-4,9,23-24H,5-8,10H2,(H,21,25). The number of thiocarbonyl (C=S) groups is 1. The molecule has 0 atom stereocenters. The largest absolute Gasteiger partial charge is 0.504 e. The molecule has 0 aromatic heterocycles. The van der Waals surface area contributed by atoms with Crippen molar-refractivity contribution >= 4 is 40.5 Å². The Bertz CT molecular complexity index is 797. The maximum Gasteiger partial charge on any atom is 0.176 e. The van der Waals surface area contributed by atoms with Crippen LogP contribution in [0, 0.1) is 0 Å². The van der Waals surface area contributed by atoms with Crippen LogP contribution in [-0.2, 0) is 19.4 Å². The molecule has 0 aliphatic carbocycles. The lowest BCUT2D eigenvalue weighted by Gasteiger charge is -2.32. The molecule has 7 heteroatoms. The number of fused-ring (bicyclic) bond motifs is 1. The van der Waals surface area contributed by atoms with E-state index in [1.165, 1.54) is 5.56 Å². The maximum absolute atomic E-state index is 9.76. The number of hydrogen-bond acceptors (Lipinski definition) is 3. The number of nitrogens with zero attached hydrogens (tertiary/aromatic N) is 1. The quantitative estimate of drug-likeness (QED) is 0.542. The van der Waals surface area contributed by atoms with E-state index in [-0.39, 0.29) is 16.5 Å². The van der Waals surface area contributed by atoms with Crippen molar-refractivity contribution in [2.75, 3.05) is 13.1 Å². The normalized spacial score (nSPS) is 13.4. The van der Waals surface area contributed by atoms with Crippen molar-refractivity contribution in [1.82, 2.24) is 10.2 Å². The Morgan fingerprint density at radius 2 is 1.92 bits per heavy atom. The van der Waals surface area contributed by atoms with Gasteiger partial charge in [0.1, 0.15) is 0 Å². The lowest BCUT2D eigenvalue weighted by atomic mass is 9.99. The lowest BCUT2D eigenvalue weighted by molar-refractivity contribution is 0.375. The highest BCUT2D eigenvalue weighted by Crippen LogP contribution is 2.40. The zero-order chi connectivity index (χ0) is 18.0. The predicted molar refractivity (Wildman–Crippen MR) is 105 cm³/mol. The Morgan fingerprint density at radius 3 is 2.64 bits per heavy atom. The first-order valence-electron chi connectivity index (χ1n) is 7.95. The first-order valence-corrected chi connectivity index (χ1v) is 9.11. The van der Waals surface area contributed by atoms with Crippen LogP contribution in [0.3, 0.4) is 0 Å². The molecule has 1 aliphatic rings. The molecule has 0 amide bonds. The van der Waals surface area contributed by atoms with Crippen LogP contribution in [0.2, 0.25) is 10.0 Å². The van der Waals surface area contributed by atoms with Gasteiger partial charge in [-0.3, -0.25) is 0 Å². The molecule has 3 rings (SSSR count). The van der Waals surface area contributed by atoms with Crippen molar-refractivity contribution in [3.63, 3.8) is 0 Å². The van der Waals surface area contributed by atoms with E-state index in [1.54, 1.807) is 6.07 Å². The molecular weight excluding hydrogens is 379 g/mol. The van der Waals surface area contributed by atoms with E-state index < -0.39 is 0 Å². The zero-order valence-electron chi connectivity index (χ0n) is 13.4. The third-order valence-corrected chi connectivity index (χ3v) is 5.36. The van der Waals surface area contributed by atoms with Crippen LogP contribution in [0.1, 0.15) is 16.7 Å².